The number of carbonyl (C=O) groups excluding carboxylic acids is 2. The van der Waals surface area contributed by atoms with Crippen molar-refractivity contribution in [2.24, 2.45) is 5.41 Å². The van der Waals surface area contributed by atoms with Gasteiger partial charge in [0, 0.05) is 41.6 Å². The predicted octanol–water partition coefficient (Wildman–Crippen LogP) is 4.17. The van der Waals surface area contributed by atoms with E-state index in [1.807, 2.05) is 20.8 Å². The number of nitro groups is 1. The predicted molar refractivity (Wildman–Crippen MR) is 119 cm³/mol. The van der Waals surface area contributed by atoms with E-state index in [9.17, 15) is 19.7 Å². The van der Waals surface area contributed by atoms with Crippen LogP contribution in [0.1, 0.15) is 58.4 Å². The number of esters is 1. The van der Waals surface area contributed by atoms with Crippen LogP contribution in [0.4, 0.5) is 5.69 Å². The summed E-state index contributed by atoms with van der Waals surface area (Å²) in [5.41, 5.74) is 1.83. The van der Waals surface area contributed by atoms with E-state index in [0.29, 0.717) is 36.3 Å². The van der Waals surface area contributed by atoms with Crippen LogP contribution in [0.3, 0.4) is 0 Å². The number of nitrogens with zero attached hydrogens (tertiary/aromatic N) is 1. The standard InChI is InChI=1S/C24H30N2O6/c1-5-10-31-11-12-32-23(28)20-15(2)25-17-13-24(3,4)14-19(27)22(17)21(20)16-8-6-7-9-18(16)26(29)30/h6-9,21,25H,5,10-14H2,1-4H3/t21-/m1/s1. The van der Waals surface area contributed by atoms with Crippen LogP contribution in [0.25, 0.3) is 0 Å². The largest absolute Gasteiger partial charge is 0.460 e. The molecule has 8 heteroatoms. The molecule has 8 nitrogen and oxygen atoms in total. The molecule has 1 N–H and O–H groups in total. The van der Waals surface area contributed by atoms with Crippen LogP contribution in [0, 0.1) is 15.5 Å². The van der Waals surface area contributed by atoms with E-state index in [1.165, 1.54) is 6.07 Å². The summed E-state index contributed by atoms with van der Waals surface area (Å²) in [6.07, 6.45) is 1.77. The molecule has 172 valence electrons. The number of ketones is 1. The van der Waals surface area contributed by atoms with Crippen molar-refractivity contribution in [3.05, 3.63) is 62.5 Å². The number of ether oxygens (including phenoxy) is 2. The maximum Gasteiger partial charge on any atom is 0.336 e. The number of hydrogen-bond acceptors (Lipinski definition) is 7. The Morgan fingerprint density at radius 3 is 2.62 bits per heavy atom. The Kier molecular flexibility index (Phi) is 7.13. The van der Waals surface area contributed by atoms with E-state index in [-0.39, 0.29) is 35.7 Å². The maximum atomic E-state index is 13.3. The molecule has 0 aromatic heterocycles. The minimum atomic E-state index is -0.861. The average molecular weight is 443 g/mol. The fraction of sp³-hybridized carbons (Fsp3) is 0.500. The van der Waals surface area contributed by atoms with Crippen molar-refractivity contribution in [2.75, 3.05) is 19.8 Å². The van der Waals surface area contributed by atoms with Crippen molar-refractivity contribution < 1.29 is 24.0 Å². The summed E-state index contributed by atoms with van der Waals surface area (Å²) in [4.78, 5) is 37.7. The van der Waals surface area contributed by atoms with Crippen molar-refractivity contribution in [1.29, 1.82) is 0 Å². The molecular weight excluding hydrogens is 412 g/mol. The molecule has 1 heterocycles. The molecule has 0 bridgehead atoms. The summed E-state index contributed by atoms with van der Waals surface area (Å²) in [5.74, 6) is -1.58. The Balaban J connectivity index is 2.05. The number of rotatable bonds is 8. The smallest absolute Gasteiger partial charge is 0.336 e. The minimum absolute atomic E-state index is 0.0616. The summed E-state index contributed by atoms with van der Waals surface area (Å²) in [7, 11) is 0. The first-order valence-corrected chi connectivity index (χ1v) is 10.9. The Bertz CT molecular complexity index is 992. The van der Waals surface area contributed by atoms with E-state index in [1.54, 1.807) is 25.1 Å². The molecule has 0 saturated heterocycles. The number of hydrogen-bond donors (Lipinski definition) is 1. The van der Waals surface area contributed by atoms with E-state index in [4.69, 9.17) is 9.47 Å². The van der Waals surface area contributed by atoms with Gasteiger partial charge in [0.15, 0.2) is 5.78 Å². The lowest BCUT2D eigenvalue weighted by molar-refractivity contribution is -0.385. The Morgan fingerprint density at radius 2 is 1.94 bits per heavy atom. The van der Waals surface area contributed by atoms with Crippen molar-refractivity contribution in [1.82, 2.24) is 5.32 Å². The Labute approximate surface area is 187 Å². The molecule has 0 radical (unpaired) electrons. The average Bonchev–Trinajstić information content (AvgIpc) is 2.71. The van der Waals surface area contributed by atoms with Gasteiger partial charge in [-0.2, -0.15) is 0 Å². The highest BCUT2D eigenvalue weighted by Crippen LogP contribution is 2.48. The van der Waals surface area contributed by atoms with Gasteiger partial charge in [-0.1, -0.05) is 39.0 Å². The van der Waals surface area contributed by atoms with Gasteiger partial charge in [0.05, 0.1) is 23.0 Å². The third kappa shape index (κ3) is 4.91. The van der Waals surface area contributed by atoms with E-state index >= 15 is 0 Å². The second-order valence-corrected chi connectivity index (χ2v) is 8.99. The van der Waals surface area contributed by atoms with Crippen LogP contribution in [0.2, 0.25) is 0 Å². The van der Waals surface area contributed by atoms with E-state index < -0.39 is 16.8 Å². The Morgan fingerprint density at radius 1 is 1.22 bits per heavy atom. The lowest BCUT2D eigenvalue weighted by Crippen LogP contribution is -2.39. The molecule has 0 fully saturated rings. The Hall–Kier alpha value is -3.00. The van der Waals surface area contributed by atoms with Gasteiger partial charge in [-0.3, -0.25) is 14.9 Å². The lowest BCUT2D eigenvalue weighted by atomic mass is 9.68. The van der Waals surface area contributed by atoms with Crippen LogP contribution >= 0.6 is 0 Å². The number of nitrogens with one attached hydrogen (secondary N) is 1. The quantitative estimate of drug-likeness (QED) is 0.279. The fourth-order valence-electron chi connectivity index (χ4n) is 4.43. The van der Waals surface area contributed by atoms with Gasteiger partial charge >= 0.3 is 5.97 Å². The zero-order chi connectivity index (χ0) is 23.5. The van der Waals surface area contributed by atoms with Crippen LogP contribution in [-0.2, 0) is 19.1 Å². The molecule has 0 saturated carbocycles. The molecule has 1 aromatic rings. The van der Waals surface area contributed by atoms with Gasteiger partial charge in [0.25, 0.3) is 5.69 Å². The van der Waals surface area contributed by atoms with Crippen molar-refractivity contribution in [2.45, 2.75) is 52.9 Å². The first-order valence-electron chi connectivity index (χ1n) is 10.9. The molecule has 1 aromatic carbocycles. The highest BCUT2D eigenvalue weighted by Gasteiger charge is 2.44. The molecular formula is C24H30N2O6. The third-order valence-corrected chi connectivity index (χ3v) is 5.71. The molecule has 1 atom stereocenters. The van der Waals surface area contributed by atoms with E-state index in [2.05, 4.69) is 5.32 Å². The van der Waals surface area contributed by atoms with Crippen molar-refractivity contribution >= 4 is 17.4 Å². The fourth-order valence-corrected chi connectivity index (χ4v) is 4.43. The van der Waals surface area contributed by atoms with Crippen molar-refractivity contribution in [3.8, 4) is 0 Å². The number of carbonyl (C=O) groups is 2. The number of dihydropyridines is 1. The second kappa shape index (κ2) is 9.65. The SMILES string of the molecule is CCCOCCOC(=O)C1=C(C)NC2=C(C(=O)CC(C)(C)C2)[C@@H]1c1ccccc1[N+](=O)[O-]. The highest BCUT2D eigenvalue weighted by molar-refractivity contribution is 6.04. The first-order chi connectivity index (χ1) is 15.2. The molecule has 2 aliphatic rings. The number of allylic oxidation sites excluding steroid dienone is 3. The van der Waals surface area contributed by atoms with Crippen LogP contribution in [0.15, 0.2) is 46.8 Å². The topological polar surface area (TPSA) is 108 Å². The molecule has 1 aliphatic carbocycles. The molecule has 0 amide bonds. The van der Waals surface area contributed by atoms with Gasteiger partial charge < -0.3 is 14.8 Å². The number of nitro benzene ring substituents is 1. The molecule has 32 heavy (non-hydrogen) atoms. The highest BCUT2D eigenvalue weighted by atomic mass is 16.6. The second-order valence-electron chi connectivity index (χ2n) is 8.99. The zero-order valence-corrected chi connectivity index (χ0v) is 19.0. The monoisotopic (exact) mass is 442 g/mol. The third-order valence-electron chi connectivity index (χ3n) is 5.71. The summed E-state index contributed by atoms with van der Waals surface area (Å²) in [6, 6.07) is 6.25. The molecule has 1 aliphatic heterocycles. The molecule has 3 rings (SSSR count). The normalized spacial score (nSPS) is 20.0. The summed E-state index contributed by atoms with van der Waals surface area (Å²) in [5, 5.41) is 15.0. The maximum absolute atomic E-state index is 13.3. The van der Waals surface area contributed by atoms with E-state index in [0.717, 1.165) is 12.1 Å². The molecule has 0 unspecified atom stereocenters. The van der Waals surface area contributed by atoms with Gasteiger partial charge in [-0.05, 0) is 25.2 Å². The minimum Gasteiger partial charge on any atom is -0.460 e. The first kappa shape index (κ1) is 23.7. The van der Waals surface area contributed by atoms with Gasteiger partial charge in [0.2, 0.25) is 0 Å². The van der Waals surface area contributed by atoms with Crippen LogP contribution in [0.5, 0.6) is 0 Å². The number of Topliss-reactive ketones (excluding diaryl/α,β-unsaturated/α-hetero) is 1. The summed E-state index contributed by atoms with van der Waals surface area (Å²) in [6.45, 7) is 8.63. The van der Waals surface area contributed by atoms with Gasteiger partial charge in [-0.25, -0.2) is 4.79 Å². The summed E-state index contributed by atoms with van der Waals surface area (Å²) >= 11 is 0. The van der Waals surface area contributed by atoms with Crippen molar-refractivity contribution in [3.63, 3.8) is 0 Å². The van der Waals surface area contributed by atoms with Gasteiger partial charge in [-0.15, -0.1) is 0 Å². The zero-order valence-electron chi connectivity index (χ0n) is 19.0. The van der Waals surface area contributed by atoms with Gasteiger partial charge in [0.1, 0.15) is 6.61 Å². The lowest BCUT2D eigenvalue weighted by Gasteiger charge is -2.39. The summed E-state index contributed by atoms with van der Waals surface area (Å²) < 4.78 is 10.8. The molecule has 0 spiro atoms. The van der Waals surface area contributed by atoms with Crippen LogP contribution < -0.4 is 5.32 Å². The number of para-hydroxylation sites is 1. The number of benzene rings is 1. The van der Waals surface area contributed by atoms with Crippen LogP contribution in [-0.4, -0.2) is 36.5 Å².